The summed E-state index contributed by atoms with van der Waals surface area (Å²) in [6.07, 6.45) is 0. The van der Waals surface area contributed by atoms with Crippen molar-refractivity contribution < 1.29 is 4.74 Å². The van der Waals surface area contributed by atoms with E-state index in [0.29, 0.717) is 15.6 Å². The SMILES string of the molecule is Cc1c(Cl)cccc1-n1c(SCCN2CCOCC2)nc2ccccc2c1=O. The monoisotopic (exact) mass is 415 g/mol. The van der Waals surface area contributed by atoms with Gasteiger partial charge < -0.3 is 4.74 Å². The molecular weight excluding hydrogens is 394 g/mol. The molecule has 0 bridgehead atoms. The Morgan fingerprint density at radius 3 is 2.75 bits per heavy atom. The van der Waals surface area contributed by atoms with E-state index in [-0.39, 0.29) is 5.56 Å². The summed E-state index contributed by atoms with van der Waals surface area (Å²) in [6.45, 7) is 6.33. The second-order valence-electron chi connectivity index (χ2n) is 6.74. The molecule has 0 saturated carbocycles. The fourth-order valence-electron chi connectivity index (χ4n) is 3.35. The summed E-state index contributed by atoms with van der Waals surface area (Å²) in [5, 5.41) is 1.95. The molecule has 146 valence electrons. The second-order valence-corrected chi connectivity index (χ2v) is 8.21. The van der Waals surface area contributed by atoms with Gasteiger partial charge >= 0.3 is 0 Å². The summed E-state index contributed by atoms with van der Waals surface area (Å²) < 4.78 is 7.11. The van der Waals surface area contributed by atoms with Gasteiger partial charge in [0.1, 0.15) is 0 Å². The average molecular weight is 416 g/mol. The molecular formula is C21H22ClN3O2S. The van der Waals surface area contributed by atoms with Gasteiger partial charge in [0.05, 0.1) is 29.8 Å². The van der Waals surface area contributed by atoms with Gasteiger partial charge in [0, 0.05) is 30.4 Å². The van der Waals surface area contributed by atoms with Crippen molar-refractivity contribution in [2.75, 3.05) is 38.6 Å². The fourth-order valence-corrected chi connectivity index (χ4v) is 4.53. The molecule has 5 nitrogen and oxygen atoms in total. The number of hydrogen-bond acceptors (Lipinski definition) is 5. The quantitative estimate of drug-likeness (QED) is 0.469. The summed E-state index contributed by atoms with van der Waals surface area (Å²) in [5.74, 6) is 0.852. The normalized spacial score (nSPS) is 15.2. The number of thioether (sulfide) groups is 1. The van der Waals surface area contributed by atoms with Crippen LogP contribution in [0.3, 0.4) is 0 Å². The van der Waals surface area contributed by atoms with Crippen molar-refractivity contribution in [3.63, 3.8) is 0 Å². The number of benzene rings is 2. The number of ether oxygens (including phenoxy) is 1. The topological polar surface area (TPSA) is 47.4 Å². The van der Waals surface area contributed by atoms with Gasteiger partial charge in [-0.25, -0.2) is 4.98 Å². The van der Waals surface area contributed by atoms with Gasteiger partial charge in [-0.15, -0.1) is 0 Å². The van der Waals surface area contributed by atoms with Gasteiger partial charge in [-0.3, -0.25) is 14.3 Å². The van der Waals surface area contributed by atoms with Crippen LogP contribution in [0.4, 0.5) is 0 Å². The molecule has 0 spiro atoms. The Labute approximate surface area is 173 Å². The van der Waals surface area contributed by atoms with Crippen molar-refractivity contribution in [3.05, 3.63) is 63.4 Å². The Kier molecular flexibility index (Phi) is 6.01. The predicted octanol–water partition coefficient (Wildman–Crippen LogP) is 3.77. The minimum absolute atomic E-state index is 0.0650. The maximum atomic E-state index is 13.3. The summed E-state index contributed by atoms with van der Waals surface area (Å²) in [5.41, 5.74) is 2.31. The lowest BCUT2D eigenvalue weighted by Crippen LogP contribution is -2.37. The summed E-state index contributed by atoms with van der Waals surface area (Å²) in [4.78, 5) is 20.5. The molecule has 0 amide bonds. The zero-order valence-electron chi connectivity index (χ0n) is 15.7. The number of nitrogens with zero attached hydrogens (tertiary/aromatic N) is 3. The van der Waals surface area contributed by atoms with Crippen molar-refractivity contribution in [2.45, 2.75) is 12.1 Å². The fraction of sp³-hybridized carbons (Fsp3) is 0.333. The summed E-state index contributed by atoms with van der Waals surface area (Å²) in [7, 11) is 0. The van der Waals surface area contributed by atoms with Crippen LogP contribution < -0.4 is 5.56 Å². The van der Waals surface area contributed by atoms with Crippen LogP contribution >= 0.6 is 23.4 Å². The van der Waals surface area contributed by atoms with E-state index in [1.54, 1.807) is 16.3 Å². The van der Waals surface area contributed by atoms with Crippen molar-refractivity contribution in [3.8, 4) is 5.69 Å². The lowest BCUT2D eigenvalue weighted by Gasteiger charge is -2.26. The smallest absolute Gasteiger partial charge is 0.266 e. The van der Waals surface area contributed by atoms with Crippen molar-refractivity contribution in [2.24, 2.45) is 0 Å². The lowest BCUT2D eigenvalue weighted by atomic mass is 10.2. The molecule has 3 aromatic rings. The highest BCUT2D eigenvalue weighted by Gasteiger charge is 2.17. The Hall–Kier alpha value is -1.86. The third-order valence-corrected chi connectivity index (χ3v) is 6.30. The highest BCUT2D eigenvalue weighted by Crippen LogP contribution is 2.26. The van der Waals surface area contributed by atoms with Crippen LogP contribution in [0.15, 0.2) is 52.4 Å². The molecule has 1 fully saturated rings. The van der Waals surface area contributed by atoms with E-state index in [1.807, 2.05) is 49.4 Å². The maximum Gasteiger partial charge on any atom is 0.266 e. The van der Waals surface area contributed by atoms with Crippen LogP contribution in [-0.4, -0.2) is 53.1 Å². The number of halogens is 1. The first-order valence-electron chi connectivity index (χ1n) is 9.35. The number of fused-ring (bicyclic) bond motifs is 1. The van der Waals surface area contributed by atoms with E-state index in [9.17, 15) is 4.79 Å². The first-order chi connectivity index (χ1) is 13.6. The van der Waals surface area contributed by atoms with Gasteiger partial charge in [0.15, 0.2) is 5.16 Å². The van der Waals surface area contributed by atoms with Crippen molar-refractivity contribution in [1.29, 1.82) is 0 Å². The lowest BCUT2D eigenvalue weighted by molar-refractivity contribution is 0.0410. The molecule has 4 rings (SSSR count). The van der Waals surface area contributed by atoms with Crippen LogP contribution in [-0.2, 0) is 4.74 Å². The van der Waals surface area contributed by atoms with Crippen molar-refractivity contribution in [1.82, 2.24) is 14.5 Å². The molecule has 0 aliphatic carbocycles. The van der Waals surface area contributed by atoms with E-state index in [2.05, 4.69) is 4.90 Å². The third kappa shape index (κ3) is 3.96. The number of morpholine rings is 1. The molecule has 1 aliphatic heterocycles. The molecule has 0 radical (unpaired) electrons. The van der Waals surface area contributed by atoms with Crippen LogP contribution in [0.25, 0.3) is 16.6 Å². The molecule has 2 aromatic carbocycles. The van der Waals surface area contributed by atoms with Gasteiger partial charge in [0.25, 0.3) is 5.56 Å². The second kappa shape index (κ2) is 8.66. The number of rotatable bonds is 5. The first-order valence-corrected chi connectivity index (χ1v) is 10.7. The minimum Gasteiger partial charge on any atom is -0.379 e. The van der Waals surface area contributed by atoms with E-state index < -0.39 is 0 Å². The summed E-state index contributed by atoms with van der Waals surface area (Å²) >= 11 is 7.94. The minimum atomic E-state index is -0.0650. The van der Waals surface area contributed by atoms with E-state index in [0.717, 1.165) is 55.4 Å². The molecule has 2 heterocycles. The van der Waals surface area contributed by atoms with Crippen LogP contribution in [0.5, 0.6) is 0 Å². The number of aromatic nitrogens is 2. The molecule has 0 unspecified atom stereocenters. The molecule has 1 aliphatic rings. The van der Waals surface area contributed by atoms with Crippen LogP contribution in [0.2, 0.25) is 5.02 Å². The van der Waals surface area contributed by atoms with E-state index in [4.69, 9.17) is 21.3 Å². The summed E-state index contributed by atoms with van der Waals surface area (Å²) in [6, 6.07) is 13.1. The van der Waals surface area contributed by atoms with Gasteiger partial charge in [-0.2, -0.15) is 0 Å². The van der Waals surface area contributed by atoms with Crippen LogP contribution in [0.1, 0.15) is 5.56 Å². The third-order valence-electron chi connectivity index (χ3n) is 4.97. The Morgan fingerprint density at radius 1 is 1.14 bits per heavy atom. The molecule has 28 heavy (non-hydrogen) atoms. The molecule has 0 N–H and O–H groups in total. The Bertz CT molecular complexity index is 1050. The molecule has 7 heteroatoms. The highest BCUT2D eigenvalue weighted by molar-refractivity contribution is 7.99. The molecule has 0 atom stereocenters. The Balaban J connectivity index is 1.73. The zero-order chi connectivity index (χ0) is 19.5. The van der Waals surface area contributed by atoms with Gasteiger partial charge in [-0.1, -0.05) is 41.6 Å². The van der Waals surface area contributed by atoms with E-state index >= 15 is 0 Å². The maximum absolute atomic E-state index is 13.3. The first kappa shape index (κ1) is 19.5. The standard InChI is InChI=1S/C21H22ClN3O2S/c1-15-17(22)6-4-8-19(15)25-20(26)16-5-2-3-7-18(16)23-21(25)28-14-11-24-9-12-27-13-10-24/h2-8H,9-14H2,1H3. The number of para-hydroxylation sites is 1. The highest BCUT2D eigenvalue weighted by atomic mass is 35.5. The van der Waals surface area contributed by atoms with Crippen molar-refractivity contribution >= 4 is 34.3 Å². The predicted molar refractivity (Wildman–Crippen MR) is 115 cm³/mol. The number of hydrogen-bond donors (Lipinski definition) is 0. The van der Waals surface area contributed by atoms with Crippen LogP contribution in [0, 0.1) is 6.92 Å². The Morgan fingerprint density at radius 2 is 1.93 bits per heavy atom. The zero-order valence-corrected chi connectivity index (χ0v) is 17.3. The largest absolute Gasteiger partial charge is 0.379 e. The van der Waals surface area contributed by atoms with Gasteiger partial charge in [-0.05, 0) is 36.8 Å². The molecule has 1 saturated heterocycles. The van der Waals surface area contributed by atoms with E-state index in [1.165, 1.54) is 0 Å². The van der Waals surface area contributed by atoms with Gasteiger partial charge in [0.2, 0.25) is 0 Å². The molecule has 1 aromatic heterocycles. The average Bonchev–Trinajstić information content (AvgIpc) is 2.72.